The van der Waals surface area contributed by atoms with Crippen molar-refractivity contribution in [2.24, 2.45) is 22.6 Å². The number of amidine groups is 1. The predicted molar refractivity (Wildman–Crippen MR) is 117 cm³/mol. The number of benzene rings is 1. The summed E-state index contributed by atoms with van der Waals surface area (Å²) < 4.78 is 12.8. The number of thioether (sulfide) groups is 1. The number of hydrogen-bond acceptors (Lipinski definition) is 6. The zero-order valence-corrected chi connectivity index (χ0v) is 18.6. The number of halogens is 1. The summed E-state index contributed by atoms with van der Waals surface area (Å²) in [6.45, 7) is 1.36. The van der Waals surface area contributed by atoms with Crippen LogP contribution in [0.4, 0.5) is 0 Å². The minimum absolute atomic E-state index is 0.0745. The number of fused-ring (bicyclic) bond motifs is 4. The zero-order valence-electron chi connectivity index (χ0n) is 16.2. The normalized spacial score (nSPS) is 34.1. The number of hydrogen-bond donors (Lipinski definition) is 2. The van der Waals surface area contributed by atoms with Crippen molar-refractivity contribution in [3.63, 3.8) is 0 Å². The van der Waals surface area contributed by atoms with Crippen LogP contribution in [0.3, 0.4) is 0 Å². The van der Waals surface area contributed by atoms with Gasteiger partial charge in [0.1, 0.15) is 17.4 Å². The van der Waals surface area contributed by atoms with Crippen molar-refractivity contribution >= 4 is 38.8 Å². The van der Waals surface area contributed by atoms with Gasteiger partial charge >= 0.3 is 0 Å². The van der Waals surface area contributed by atoms with Gasteiger partial charge < -0.3 is 20.5 Å². The molecule has 2 unspecified atom stereocenters. The Morgan fingerprint density at radius 1 is 1.28 bits per heavy atom. The molecule has 1 aromatic carbocycles. The lowest BCUT2D eigenvalue weighted by molar-refractivity contribution is -0.129. The summed E-state index contributed by atoms with van der Waals surface area (Å²) >= 11 is 5.22. The van der Waals surface area contributed by atoms with Gasteiger partial charge in [0, 0.05) is 46.9 Å². The number of aliphatic imine (C=N–C) groups is 1. The van der Waals surface area contributed by atoms with Crippen molar-refractivity contribution < 1.29 is 14.3 Å². The van der Waals surface area contributed by atoms with Gasteiger partial charge in [-0.05, 0) is 50.3 Å². The van der Waals surface area contributed by atoms with E-state index < -0.39 is 0 Å². The molecule has 4 aliphatic rings. The van der Waals surface area contributed by atoms with E-state index >= 15 is 0 Å². The van der Waals surface area contributed by atoms with E-state index in [2.05, 4.69) is 27.3 Å². The van der Waals surface area contributed by atoms with Gasteiger partial charge in [-0.2, -0.15) is 0 Å². The molecule has 4 atom stereocenters. The highest BCUT2D eigenvalue weighted by molar-refractivity contribution is 9.10. The maximum absolute atomic E-state index is 12.8. The van der Waals surface area contributed by atoms with Crippen LogP contribution < -0.4 is 15.8 Å². The first kappa shape index (κ1) is 19.7. The molecule has 0 radical (unpaired) electrons. The van der Waals surface area contributed by atoms with E-state index in [-0.39, 0.29) is 35.4 Å². The van der Waals surface area contributed by atoms with E-state index in [0.717, 1.165) is 53.6 Å². The van der Waals surface area contributed by atoms with Gasteiger partial charge in [0.25, 0.3) is 0 Å². The van der Waals surface area contributed by atoms with Crippen LogP contribution in [0.15, 0.2) is 27.7 Å². The van der Waals surface area contributed by atoms with Crippen LogP contribution in [-0.4, -0.2) is 42.2 Å². The highest BCUT2D eigenvalue weighted by Gasteiger charge is 2.54. The molecule has 1 aromatic rings. The van der Waals surface area contributed by atoms with Gasteiger partial charge in [-0.1, -0.05) is 27.7 Å². The Labute approximate surface area is 183 Å². The third-order valence-corrected chi connectivity index (χ3v) is 8.24. The van der Waals surface area contributed by atoms with Gasteiger partial charge in [0.15, 0.2) is 5.17 Å². The first-order valence-electron chi connectivity index (χ1n) is 10.4. The molecule has 1 aliphatic carbocycles. The highest BCUT2D eigenvalue weighted by Crippen LogP contribution is 2.54. The summed E-state index contributed by atoms with van der Waals surface area (Å²) in [4.78, 5) is 17.8. The first-order valence-corrected chi connectivity index (χ1v) is 12.2. The Balaban J connectivity index is 1.40. The number of nitrogens with zero attached hydrogens (tertiary/aromatic N) is 1. The fourth-order valence-corrected chi connectivity index (χ4v) is 6.67. The van der Waals surface area contributed by atoms with Crippen LogP contribution in [0.1, 0.15) is 37.7 Å². The average molecular weight is 480 g/mol. The molecule has 3 aliphatic heterocycles. The van der Waals surface area contributed by atoms with E-state index in [0.29, 0.717) is 18.4 Å². The summed E-state index contributed by atoms with van der Waals surface area (Å²) in [5.74, 6) is 2.19. The van der Waals surface area contributed by atoms with Gasteiger partial charge in [-0.3, -0.25) is 4.79 Å². The lowest BCUT2D eigenvalue weighted by atomic mass is 9.67. The van der Waals surface area contributed by atoms with Crippen LogP contribution >= 0.6 is 27.7 Å². The van der Waals surface area contributed by atoms with Gasteiger partial charge in [0.05, 0.1) is 0 Å². The molecule has 3 N–H and O–H groups in total. The van der Waals surface area contributed by atoms with E-state index in [1.807, 2.05) is 12.1 Å². The summed E-state index contributed by atoms with van der Waals surface area (Å²) in [6.07, 6.45) is 4.45. The van der Waals surface area contributed by atoms with Crippen LogP contribution in [-0.2, 0) is 15.1 Å². The number of nitrogens with two attached hydrogens (primary N) is 1. The quantitative estimate of drug-likeness (QED) is 0.679. The first-order chi connectivity index (χ1) is 14.0. The predicted octanol–water partition coefficient (Wildman–Crippen LogP) is 3.18. The number of ether oxygens (including phenoxy) is 2. The smallest absolute Gasteiger partial charge is 0.223 e. The number of rotatable bonds is 2. The lowest BCUT2D eigenvalue weighted by Gasteiger charge is -2.48. The molecule has 5 rings (SSSR count). The minimum Gasteiger partial charge on any atom is -0.490 e. The molecule has 1 amide bonds. The number of carbonyl (C=O) groups excluding carboxylic acids is 1. The van der Waals surface area contributed by atoms with Crippen molar-refractivity contribution in [3.05, 3.63) is 28.2 Å². The van der Waals surface area contributed by atoms with E-state index in [1.54, 1.807) is 11.8 Å². The molecule has 6 nitrogen and oxygen atoms in total. The number of amides is 1. The Kier molecular flexibility index (Phi) is 5.28. The largest absolute Gasteiger partial charge is 0.490 e. The molecule has 2 fully saturated rings. The second kappa shape index (κ2) is 7.78. The summed E-state index contributed by atoms with van der Waals surface area (Å²) in [5.41, 5.74) is 6.88. The van der Waals surface area contributed by atoms with Crippen LogP contribution in [0, 0.1) is 11.8 Å². The average Bonchev–Trinajstić information content (AvgIpc) is 3.12. The van der Waals surface area contributed by atoms with Crippen molar-refractivity contribution in [2.75, 3.05) is 19.0 Å². The fraction of sp³-hybridized carbons (Fsp3) is 0.619. The summed E-state index contributed by atoms with van der Waals surface area (Å²) in [6, 6.07) is 6.33. The van der Waals surface area contributed by atoms with Crippen LogP contribution in [0.5, 0.6) is 5.75 Å². The standard InChI is InChI=1S/C21H26BrN3O3S/c22-13-1-3-17-15(9-13)21(11-29-20(23)25-21)16-10-14(2-4-18(16)28-17)24-19(26)12-5-7-27-8-6-12/h1,3,9,12,14,16,18H,2,4-8,10-11H2,(H2,23,25)(H,24,26)/t14?,16-,18-,21?/m0/s1. The monoisotopic (exact) mass is 479 g/mol. The van der Waals surface area contributed by atoms with E-state index in [9.17, 15) is 4.79 Å². The van der Waals surface area contributed by atoms with Gasteiger partial charge in [-0.25, -0.2) is 4.99 Å². The SMILES string of the molecule is NC1=NC2(CS1)c1cc(Br)ccc1O[C@H]1CCC(NC(=O)C3CCOCC3)C[C@@H]12. The Hall–Kier alpha value is -1.25. The van der Waals surface area contributed by atoms with E-state index in [1.165, 1.54) is 0 Å². The minimum atomic E-state index is -0.376. The second-order valence-corrected chi connectivity index (χ2v) is 10.4. The topological polar surface area (TPSA) is 85.9 Å². The van der Waals surface area contributed by atoms with Gasteiger partial charge in [-0.15, -0.1) is 0 Å². The molecule has 3 heterocycles. The van der Waals surface area contributed by atoms with Gasteiger partial charge in [0.2, 0.25) is 5.91 Å². The maximum atomic E-state index is 12.8. The van der Waals surface area contributed by atoms with Crippen LogP contribution in [0.2, 0.25) is 0 Å². The molecule has 8 heteroatoms. The van der Waals surface area contributed by atoms with E-state index in [4.69, 9.17) is 20.2 Å². The molecule has 0 bridgehead atoms. The Bertz CT molecular complexity index is 844. The molecule has 156 valence electrons. The fourth-order valence-electron chi connectivity index (χ4n) is 5.28. The lowest BCUT2D eigenvalue weighted by Crippen LogP contribution is -2.54. The molecule has 1 spiro atoms. The third kappa shape index (κ3) is 3.57. The second-order valence-electron chi connectivity index (χ2n) is 8.47. The number of carbonyl (C=O) groups is 1. The van der Waals surface area contributed by atoms with Crippen molar-refractivity contribution in [3.8, 4) is 5.75 Å². The van der Waals surface area contributed by atoms with Crippen molar-refractivity contribution in [2.45, 2.75) is 49.8 Å². The molecular formula is C21H26BrN3O3S. The summed E-state index contributed by atoms with van der Waals surface area (Å²) in [5, 5.41) is 3.97. The molecular weight excluding hydrogens is 454 g/mol. The molecule has 0 aromatic heterocycles. The molecule has 1 saturated carbocycles. The highest BCUT2D eigenvalue weighted by atomic mass is 79.9. The van der Waals surface area contributed by atoms with Crippen molar-refractivity contribution in [1.82, 2.24) is 5.32 Å². The zero-order chi connectivity index (χ0) is 20.0. The maximum Gasteiger partial charge on any atom is 0.223 e. The third-order valence-electron chi connectivity index (χ3n) is 6.77. The number of nitrogens with one attached hydrogen (secondary N) is 1. The summed E-state index contributed by atoms with van der Waals surface area (Å²) in [7, 11) is 0. The Morgan fingerprint density at radius 2 is 2.10 bits per heavy atom. The Morgan fingerprint density at radius 3 is 2.86 bits per heavy atom. The molecule has 29 heavy (non-hydrogen) atoms. The van der Waals surface area contributed by atoms with Crippen molar-refractivity contribution in [1.29, 1.82) is 0 Å². The van der Waals surface area contributed by atoms with Crippen LogP contribution in [0.25, 0.3) is 0 Å². The molecule has 1 saturated heterocycles.